The summed E-state index contributed by atoms with van der Waals surface area (Å²) in [7, 11) is 0. The maximum Gasteiger partial charge on any atom is 0.0870 e. The summed E-state index contributed by atoms with van der Waals surface area (Å²) in [6.45, 7) is 0. The van der Waals surface area contributed by atoms with Crippen LogP contribution in [-0.4, -0.2) is 9.97 Å². The first kappa shape index (κ1) is 9.85. The van der Waals surface area contributed by atoms with Crippen molar-refractivity contribution >= 4 is 0 Å². The summed E-state index contributed by atoms with van der Waals surface area (Å²) in [5.41, 5.74) is 4.42. The third kappa shape index (κ3) is 1.85. The van der Waals surface area contributed by atoms with Gasteiger partial charge in [-0.25, -0.2) is 0 Å². The first-order valence-corrected chi connectivity index (χ1v) is 5.59. The first-order valence-electron chi connectivity index (χ1n) is 5.59. The zero-order valence-electron chi connectivity index (χ0n) is 9.30. The lowest BCUT2D eigenvalue weighted by atomic mass is 10.0. The van der Waals surface area contributed by atoms with Gasteiger partial charge in [-0.1, -0.05) is 36.4 Å². The smallest absolute Gasteiger partial charge is 0.0870 e. The average Bonchev–Trinajstić information content (AvgIpc) is 2.90. The molecule has 0 aliphatic rings. The van der Waals surface area contributed by atoms with Gasteiger partial charge in [0.2, 0.25) is 0 Å². The van der Waals surface area contributed by atoms with E-state index in [0.717, 1.165) is 11.4 Å². The number of pyridine rings is 1. The molecule has 0 aliphatic carbocycles. The summed E-state index contributed by atoms with van der Waals surface area (Å²) in [6, 6.07) is 18.3. The van der Waals surface area contributed by atoms with Crippen molar-refractivity contribution in [2.45, 2.75) is 0 Å². The molecule has 0 spiro atoms. The molecule has 17 heavy (non-hydrogen) atoms. The quantitative estimate of drug-likeness (QED) is 0.700. The van der Waals surface area contributed by atoms with Crippen molar-refractivity contribution in [3.8, 4) is 22.5 Å². The van der Waals surface area contributed by atoms with E-state index in [1.807, 2.05) is 48.8 Å². The highest BCUT2D eigenvalue weighted by molar-refractivity contribution is 5.79. The number of nitrogens with one attached hydrogen (secondary N) is 1. The van der Waals surface area contributed by atoms with Gasteiger partial charge in [0.25, 0.3) is 0 Å². The summed E-state index contributed by atoms with van der Waals surface area (Å²) in [4.78, 5) is 7.63. The summed E-state index contributed by atoms with van der Waals surface area (Å²) in [5.74, 6) is 0. The summed E-state index contributed by atoms with van der Waals surface area (Å²) >= 11 is 0. The predicted octanol–water partition coefficient (Wildman–Crippen LogP) is 3.74. The number of nitrogens with zero attached hydrogens (tertiary/aromatic N) is 1. The Bertz CT molecular complexity index is 543. The number of hydrogen-bond acceptors (Lipinski definition) is 1. The number of aromatic amines is 1. The highest BCUT2D eigenvalue weighted by Crippen LogP contribution is 2.29. The zero-order chi connectivity index (χ0) is 11.5. The van der Waals surface area contributed by atoms with Crippen LogP contribution in [0.1, 0.15) is 0 Å². The largest absolute Gasteiger partial charge is 0.359 e. The van der Waals surface area contributed by atoms with E-state index in [4.69, 9.17) is 0 Å². The molecule has 1 N–H and O–H groups in total. The Balaban J connectivity index is 2.13. The molecule has 2 heterocycles. The van der Waals surface area contributed by atoms with Crippen molar-refractivity contribution in [1.82, 2.24) is 9.97 Å². The molecular weight excluding hydrogens is 208 g/mol. The molecule has 3 rings (SSSR count). The Morgan fingerprint density at radius 1 is 0.824 bits per heavy atom. The summed E-state index contributed by atoms with van der Waals surface area (Å²) in [5, 5.41) is 0. The summed E-state index contributed by atoms with van der Waals surface area (Å²) < 4.78 is 0. The van der Waals surface area contributed by atoms with Crippen molar-refractivity contribution in [1.29, 1.82) is 0 Å². The highest BCUT2D eigenvalue weighted by atomic mass is 14.8. The van der Waals surface area contributed by atoms with Gasteiger partial charge in [-0.05, 0) is 23.8 Å². The Morgan fingerprint density at radius 3 is 2.41 bits per heavy atom. The Labute approximate surface area is 100.0 Å². The van der Waals surface area contributed by atoms with Crippen LogP contribution in [0.15, 0.2) is 67.0 Å². The molecule has 1 aromatic carbocycles. The lowest BCUT2D eigenvalue weighted by Gasteiger charge is -2.03. The average molecular weight is 220 g/mol. The van der Waals surface area contributed by atoms with Crippen LogP contribution in [0, 0.1) is 0 Å². The minimum atomic E-state index is 0.969. The number of H-pyrrole nitrogens is 1. The predicted molar refractivity (Wildman–Crippen MR) is 69.5 cm³/mol. The van der Waals surface area contributed by atoms with Gasteiger partial charge < -0.3 is 4.98 Å². The van der Waals surface area contributed by atoms with Gasteiger partial charge in [-0.3, -0.25) is 4.98 Å². The van der Waals surface area contributed by atoms with Crippen LogP contribution in [0.5, 0.6) is 0 Å². The molecule has 0 aliphatic heterocycles. The Kier molecular flexibility index (Phi) is 2.47. The lowest BCUT2D eigenvalue weighted by molar-refractivity contribution is 1.28. The van der Waals surface area contributed by atoms with Crippen LogP contribution in [0.3, 0.4) is 0 Å². The number of aromatic nitrogens is 2. The van der Waals surface area contributed by atoms with Crippen molar-refractivity contribution in [3.63, 3.8) is 0 Å². The third-order valence-corrected chi connectivity index (χ3v) is 2.75. The highest BCUT2D eigenvalue weighted by Gasteiger charge is 2.08. The van der Waals surface area contributed by atoms with E-state index in [-0.39, 0.29) is 0 Å². The van der Waals surface area contributed by atoms with E-state index in [2.05, 4.69) is 28.2 Å². The van der Waals surface area contributed by atoms with Crippen molar-refractivity contribution in [2.24, 2.45) is 0 Å². The Hall–Kier alpha value is -2.35. The molecule has 0 radical (unpaired) electrons. The molecule has 2 heteroatoms. The molecule has 2 aromatic heterocycles. The van der Waals surface area contributed by atoms with Crippen LogP contribution in [-0.2, 0) is 0 Å². The van der Waals surface area contributed by atoms with Gasteiger partial charge >= 0.3 is 0 Å². The molecule has 0 bridgehead atoms. The Morgan fingerprint density at radius 2 is 1.65 bits per heavy atom. The van der Waals surface area contributed by atoms with E-state index in [1.165, 1.54) is 11.1 Å². The molecule has 0 atom stereocenters. The standard InChI is InChI=1S/C15H12N2/c1-2-6-12(7-3-1)13-9-11-17-15(13)14-8-4-5-10-16-14/h1-11,17H. The SMILES string of the molecule is c1ccc(-c2cc[nH]c2-c2ccccn2)cc1. The van der Waals surface area contributed by atoms with E-state index < -0.39 is 0 Å². The monoisotopic (exact) mass is 220 g/mol. The second-order valence-corrected chi connectivity index (χ2v) is 3.85. The third-order valence-electron chi connectivity index (χ3n) is 2.75. The maximum atomic E-state index is 4.38. The normalized spacial score (nSPS) is 10.4. The minimum absolute atomic E-state index is 0.969. The zero-order valence-corrected chi connectivity index (χ0v) is 9.30. The van der Waals surface area contributed by atoms with Gasteiger partial charge in [0.05, 0.1) is 11.4 Å². The molecule has 0 saturated heterocycles. The first-order chi connectivity index (χ1) is 8.45. The van der Waals surface area contributed by atoms with Gasteiger partial charge in [-0.2, -0.15) is 0 Å². The lowest BCUT2D eigenvalue weighted by Crippen LogP contribution is -1.84. The van der Waals surface area contributed by atoms with Crippen molar-refractivity contribution in [2.75, 3.05) is 0 Å². The van der Waals surface area contributed by atoms with Crippen LogP contribution in [0.2, 0.25) is 0 Å². The molecule has 0 saturated carbocycles. The number of benzene rings is 1. The van der Waals surface area contributed by atoms with Crippen molar-refractivity contribution < 1.29 is 0 Å². The van der Waals surface area contributed by atoms with Gasteiger partial charge in [0.15, 0.2) is 0 Å². The molecule has 0 amide bonds. The van der Waals surface area contributed by atoms with E-state index in [9.17, 15) is 0 Å². The molecule has 3 aromatic rings. The second kappa shape index (κ2) is 4.26. The van der Waals surface area contributed by atoms with Crippen LogP contribution in [0.4, 0.5) is 0 Å². The van der Waals surface area contributed by atoms with Gasteiger partial charge in [0.1, 0.15) is 0 Å². The topological polar surface area (TPSA) is 28.7 Å². The van der Waals surface area contributed by atoms with Gasteiger partial charge in [0, 0.05) is 18.0 Å². The fraction of sp³-hybridized carbons (Fsp3) is 0. The fourth-order valence-electron chi connectivity index (χ4n) is 1.95. The molecule has 0 fully saturated rings. The van der Waals surface area contributed by atoms with Crippen molar-refractivity contribution in [3.05, 3.63) is 67.0 Å². The second-order valence-electron chi connectivity index (χ2n) is 3.85. The van der Waals surface area contributed by atoms with E-state index in [0.29, 0.717) is 0 Å². The maximum absolute atomic E-state index is 4.38. The van der Waals surface area contributed by atoms with E-state index in [1.54, 1.807) is 0 Å². The summed E-state index contributed by atoms with van der Waals surface area (Å²) in [6.07, 6.45) is 3.76. The number of rotatable bonds is 2. The molecular formula is C15H12N2. The number of hydrogen-bond donors (Lipinski definition) is 1. The van der Waals surface area contributed by atoms with Crippen LogP contribution >= 0.6 is 0 Å². The molecule has 82 valence electrons. The minimum Gasteiger partial charge on any atom is -0.359 e. The van der Waals surface area contributed by atoms with Crippen LogP contribution in [0.25, 0.3) is 22.5 Å². The van der Waals surface area contributed by atoms with Crippen LogP contribution < -0.4 is 0 Å². The molecule has 0 unspecified atom stereocenters. The fourth-order valence-corrected chi connectivity index (χ4v) is 1.95. The molecule has 2 nitrogen and oxygen atoms in total. The van der Waals surface area contributed by atoms with Gasteiger partial charge in [-0.15, -0.1) is 0 Å². The van der Waals surface area contributed by atoms with E-state index >= 15 is 0 Å².